The molecule has 9 atom stereocenters. The van der Waals surface area contributed by atoms with Gasteiger partial charge in [0.25, 0.3) is 0 Å². The molecule has 4 saturated carbocycles. The van der Waals surface area contributed by atoms with E-state index in [1.807, 2.05) is 6.08 Å². The number of fused-ring (bicyclic) bond motifs is 9. The third kappa shape index (κ3) is 1.84. The number of hydrogen-bond donors (Lipinski definition) is 0. The van der Waals surface area contributed by atoms with Gasteiger partial charge in [0.15, 0.2) is 5.78 Å². The van der Waals surface area contributed by atoms with Crippen LogP contribution in [-0.2, 0) is 14.3 Å². The van der Waals surface area contributed by atoms with Gasteiger partial charge in [-0.2, -0.15) is 0 Å². The van der Waals surface area contributed by atoms with Gasteiger partial charge in [-0.1, -0.05) is 18.6 Å². The highest BCUT2D eigenvalue weighted by Crippen LogP contribution is 2.78. The summed E-state index contributed by atoms with van der Waals surface area (Å²) in [5.74, 6) is 4.31. The van der Waals surface area contributed by atoms with Crippen LogP contribution in [-0.4, -0.2) is 17.4 Å². The minimum atomic E-state index is -0.352. The van der Waals surface area contributed by atoms with Crippen molar-refractivity contribution in [3.05, 3.63) is 36.5 Å². The smallest absolute Gasteiger partial charge is 0.331 e. The second-order valence-electron chi connectivity index (χ2n) is 10.2. The minimum absolute atomic E-state index is 0.0530. The highest BCUT2D eigenvalue weighted by Gasteiger charge is 2.78. The van der Waals surface area contributed by atoms with Crippen molar-refractivity contribution in [3.8, 4) is 0 Å². The summed E-state index contributed by atoms with van der Waals surface area (Å²) in [5.41, 5.74) is 1.10. The van der Waals surface area contributed by atoms with Crippen LogP contribution in [0.25, 0.3) is 0 Å². The van der Waals surface area contributed by atoms with Gasteiger partial charge < -0.3 is 4.74 Å². The zero-order valence-electron chi connectivity index (χ0n) is 16.0. The fourth-order valence-corrected chi connectivity index (χ4v) is 8.46. The Kier molecular flexibility index (Phi) is 3.05. The monoisotopic (exact) mass is 364 g/mol. The fraction of sp³-hybridized carbons (Fsp3) is 0.667. The molecule has 1 spiro atoms. The quantitative estimate of drug-likeness (QED) is 0.516. The number of esters is 1. The number of carbonyl (C=O) groups is 2. The summed E-state index contributed by atoms with van der Waals surface area (Å²) in [6.07, 6.45) is 14.2. The summed E-state index contributed by atoms with van der Waals surface area (Å²) in [5, 5.41) is 0. The molecular weight excluding hydrogens is 336 g/mol. The summed E-state index contributed by atoms with van der Waals surface area (Å²) in [7, 11) is 0. The predicted molar refractivity (Wildman–Crippen MR) is 101 cm³/mol. The molecule has 0 saturated heterocycles. The van der Waals surface area contributed by atoms with Crippen LogP contribution < -0.4 is 0 Å². The van der Waals surface area contributed by atoms with Gasteiger partial charge in [-0.05, 0) is 79.8 Å². The lowest BCUT2D eigenvalue weighted by Gasteiger charge is -2.58. The zero-order valence-corrected chi connectivity index (χ0v) is 16.0. The van der Waals surface area contributed by atoms with Gasteiger partial charge in [-0.25, -0.2) is 4.79 Å². The number of hydrogen-bond acceptors (Lipinski definition) is 3. The van der Waals surface area contributed by atoms with Crippen LogP contribution in [0.4, 0.5) is 0 Å². The summed E-state index contributed by atoms with van der Waals surface area (Å²) in [4.78, 5) is 24.0. The molecule has 0 amide bonds. The van der Waals surface area contributed by atoms with Crippen molar-refractivity contribution in [1.82, 2.24) is 0 Å². The van der Waals surface area contributed by atoms with E-state index in [1.165, 1.54) is 18.4 Å². The molecule has 0 aromatic heterocycles. The standard InChI is InChI=1S/C24H28O3/c1-3-13-10-14-11-15(25)4-5-16(14)17-6-8-23(2)22(21(13)17)18-12-19(18)24(23)9-7-20(26)27-24/h3,7,9,11,13,16-19,21-22H,1,4-6,8,10,12H2,2H3/t13-,16-,17+,18-,19+,21+,22-,23-,24-/m0/s1. The summed E-state index contributed by atoms with van der Waals surface area (Å²) in [6.45, 7) is 6.60. The first-order valence-corrected chi connectivity index (χ1v) is 10.8. The van der Waals surface area contributed by atoms with E-state index in [9.17, 15) is 9.59 Å². The second-order valence-corrected chi connectivity index (χ2v) is 10.2. The van der Waals surface area contributed by atoms with Crippen LogP contribution in [0, 0.1) is 46.8 Å². The first-order chi connectivity index (χ1) is 13.0. The number of allylic oxidation sites excluding steroid dienone is 2. The van der Waals surface area contributed by atoms with Crippen LogP contribution in [0.5, 0.6) is 0 Å². The Morgan fingerprint density at radius 3 is 2.85 bits per heavy atom. The van der Waals surface area contributed by atoms with E-state index in [4.69, 9.17) is 4.74 Å². The highest BCUT2D eigenvalue weighted by atomic mass is 16.6. The number of ketones is 1. The van der Waals surface area contributed by atoms with E-state index in [0.29, 0.717) is 53.6 Å². The number of carbonyl (C=O) groups excluding carboxylic acids is 2. The lowest BCUT2D eigenvalue weighted by Crippen LogP contribution is -2.56. The van der Waals surface area contributed by atoms with E-state index < -0.39 is 0 Å². The summed E-state index contributed by atoms with van der Waals surface area (Å²) < 4.78 is 6.07. The fourth-order valence-electron chi connectivity index (χ4n) is 8.46. The molecule has 0 N–H and O–H groups in total. The molecule has 0 radical (unpaired) electrons. The molecule has 3 heteroatoms. The zero-order chi connectivity index (χ0) is 18.6. The Morgan fingerprint density at radius 1 is 1.26 bits per heavy atom. The van der Waals surface area contributed by atoms with Crippen LogP contribution >= 0.6 is 0 Å². The predicted octanol–water partition coefficient (Wildman–Crippen LogP) is 4.25. The molecular formula is C24H28O3. The Labute approximate surface area is 160 Å². The third-order valence-electron chi connectivity index (χ3n) is 9.43. The van der Waals surface area contributed by atoms with Gasteiger partial charge in [0.1, 0.15) is 5.60 Å². The van der Waals surface area contributed by atoms with E-state index in [-0.39, 0.29) is 17.0 Å². The average molecular weight is 364 g/mol. The van der Waals surface area contributed by atoms with Crippen LogP contribution in [0.1, 0.15) is 45.4 Å². The van der Waals surface area contributed by atoms with Crippen molar-refractivity contribution in [2.45, 2.75) is 51.0 Å². The van der Waals surface area contributed by atoms with Crippen LogP contribution in [0.2, 0.25) is 0 Å². The van der Waals surface area contributed by atoms with Gasteiger partial charge in [0, 0.05) is 23.8 Å². The molecule has 4 fully saturated rings. The number of ether oxygens (including phenoxy) is 1. The maximum absolute atomic E-state index is 12.0. The van der Waals surface area contributed by atoms with Crippen LogP contribution in [0.3, 0.4) is 0 Å². The van der Waals surface area contributed by atoms with E-state index in [2.05, 4.69) is 25.7 Å². The molecule has 27 heavy (non-hydrogen) atoms. The Hall–Kier alpha value is -1.64. The van der Waals surface area contributed by atoms with Gasteiger partial charge in [0.05, 0.1) is 0 Å². The molecule has 6 aliphatic rings. The average Bonchev–Trinajstić information content (AvgIpc) is 3.29. The van der Waals surface area contributed by atoms with E-state index in [1.54, 1.807) is 6.08 Å². The van der Waals surface area contributed by atoms with Crippen molar-refractivity contribution >= 4 is 11.8 Å². The molecule has 6 rings (SSSR count). The maximum Gasteiger partial charge on any atom is 0.331 e. The van der Waals surface area contributed by atoms with Crippen molar-refractivity contribution in [1.29, 1.82) is 0 Å². The topological polar surface area (TPSA) is 43.4 Å². The molecule has 0 unspecified atom stereocenters. The van der Waals surface area contributed by atoms with E-state index >= 15 is 0 Å². The van der Waals surface area contributed by atoms with Gasteiger partial charge >= 0.3 is 5.97 Å². The van der Waals surface area contributed by atoms with Crippen LogP contribution in [0.15, 0.2) is 36.5 Å². The van der Waals surface area contributed by atoms with Gasteiger partial charge in [0.2, 0.25) is 0 Å². The highest BCUT2D eigenvalue weighted by molar-refractivity contribution is 5.91. The Balaban J connectivity index is 1.43. The van der Waals surface area contributed by atoms with Gasteiger partial charge in [-0.15, -0.1) is 6.58 Å². The SMILES string of the molecule is C=C[C@H]1CC2=CC(=O)CC[C@@H]2[C@H]2CC[C@@]3(C)[C@@H]([C@H]4C[C@H]4[C@@]34C=CC(=O)O4)[C@@H]21. The first-order valence-electron chi connectivity index (χ1n) is 10.8. The first kappa shape index (κ1) is 16.3. The van der Waals surface area contributed by atoms with Gasteiger partial charge in [-0.3, -0.25) is 4.79 Å². The molecule has 0 bridgehead atoms. The normalized spacial score (nSPS) is 54.6. The molecule has 0 aromatic rings. The lowest BCUT2D eigenvalue weighted by atomic mass is 9.47. The Bertz CT molecular complexity index is 821. The summed E-state index contributed by atoms with van der Waals surface area (Å²) in [6, 6.07) is 0. The summed E-state index contributed by atoms with van der Waals surface area (Å²) >= 11 is 0. The Morgan fingerprint density at radius 2 is 2.11 bits per heavy atom. The van der Waals surface area contributed by atoms with Crippen molar-refractivity contribution in [3.63, 3.8) is 0 Å². The molecule has 142 valence electrons. The lowest BCUT2D eigenvalue weighted by molar-refractivity contribution is -0.169. The molecule has 0 aromatic carbocycles. The maximum atomic E-state index is 12.0. The number of rotatable bonds is 1. The third-order valence-corrected chi connectivity index (χ3v) is 9.43. The van der Waals surface area contributed by atoms with Crippen molar-refractivity contribution in [2.24, 2.45) is 46.8 Å². The second kappa shape index (κ2) is 5.04. The van der Waals surface area contributed by atoms with Crippen molar-refractivity contribution < 1.29 is 14.3 Å². The minimum Gasteiger partial charge on any atom is -0.451 e. The molecule has 3 nitrogen and oxygen atoms in total. The van der Waals surface area contributed by atoms with E-state index in [0.717, 1.165) is 19.3 Å². The molecule has 5 aliphatic carbocycles. The largest absolute Gasteiger partial charge is 0.451 e. The molecule has 1 heterocycles. The molecule has 1 aliphatic heterocycles. The van der Waals surface area contributed by atoms with Crippen molar-refractivity contribution in [2.75, 3.05) is 0 Å².